The van der Waals surface area contributed by atoms with Crippen LogP contribution in [0.25, 0.3) is 0 Å². The minimum Gasteiger partial charge on any atom is -0.350 e. The van der Waals surface area contributed by atoms with Gasteiger partial charge in [0.25, 0.3) is 0 Å². The maximum absolute atomic E-state index is 11.8. The number of carbonyl (C=O) groups is 2. The molecule has 0 spiro atoms. The highest BCUT2D eigenvalue weighted by Crippen LogP contribution is 2.21. The first kappa shape index (κ1) is 15.0. The molecule has 1 aromatic heterocycles. The Morgan fingerprint density at radius 2 is 2.20 bits per heavy atom. The van der Waals surface area contributed by atoms with E-state index in [2.05, 4.69) is 10.3 Å². The third kappa shape index (κ3) is 4.59. The predicted molar refractivity (Wildman–Crippen MR) is 78.2 cm³/mol. The molecule has 2 amide bonds. The fourth-order valence-corrected chi connectivity index (χ4v) is 3.03. The number of nitrogens with one attached hydrogen (secondary N) is 1. The van der Waals surface area contributed by atoms with Gasteiger partial charge in [-0.05, 0) is 25.2 Å². The topological polar surface area (TPSA) is 62.3 Å². The van der Waals surface area contributed by atoms with Gasteiger partial charge in [-0.15, -0.1) is 11.3 Å². The average Bonchev–Trinajstić information content (AvgIpc) is 2.96. The molecule has 1 fully saturated rings. The second kappa shape index (κ2) is 7.38. The first-order valence-electron chi connectivity index (χ1n) is 7.04. The van der Waals surface area contributed by atoms with Crippen LogP contribution in [0.1, 0.15) is 38.3 Å². The lowest BCUT2D eigenvalue weighted by atomic mass is 9.92. The van der Waals surface area contributed by atoms with Crippen molar-refractivity contribution in [3.05, 3.63) is 16.6 Å². The molecule has 0 radical (unpaired) electrons. The Hall–Kier alpha value is -1.43. The Kier molecular flexibility index (Phi) is 5.52. The van der Waals surface area contributed by atoms with E-state index in [9.17, 15) is 9.59 Å². The van der Waals surface area contributed by atoms with E-state index < -0.39 is 0 Å². The molecule has 1 aliphatic rings. The lowest BCUT2D eigenvalue weighted by molar-refractivity contribution is -0.130. The van der Waals surface area contributed by atoms with E-state index in [0.29, 0.717) is 18.9 Å². The van der Waals surface area contributed by atoms with Crippen LogP contribution in [0.4, 0.5) is 0 Å². The SMILES string of the molecule is CC(=O)N1CCC(CCC(=O)NCc2cscn2)CC1. The summed E-state index contributed by atoms with van der Waals surface area (Å²) in [5, 5.41) is 4.83. The van der Waals surface area contributed by atoms with Gasteiger partial charge in [0.05, 0.1) is 17.7 Å². The van der Waals surface area contributed by atoms with Gasteiger partial charge in [0.1, 0.15) is 0 Å². The summed E-state index contributed by atoms with van der Waals surface area (Å²) >= 11 is 1.54. The number of thiazole rings is 1. The molecule has 0 aromatic carbocycles. The minimum absolute atomic E-state index is 0.0898. The molecule has 0 saturated carbocycles. The lowest BCUT2D eigenvalue weighted by Crippen LogP contribution is -2.37. The number of carbonyl (C=O) groups excluding carboxylic acids is 2. The van der Waals surface area contributed by atoms with Crippen LogP contribution in [-0.4, -0.2) is 34.8 Å². The zero-order valence-corrected chi connectivity index (χ0v) is 12.6. The number of nitrogens with zero attached hydrogens (tertiary/aromatic N) is 2. The van der Waals surface area contributed by atoms with Crippen LogP contribution in [0.5, 0.6) is 0 Å². The van der Waals surface area contributed by atoms with Gasteiger partial charge in [-0.3, -0.25) is 9.59 Å². The van der Waals surface area contributed by atoms with Crippen molar-refractivity contribution in [2.45, 2.75) is 39.2 Å². The van der Waals surface area contributed by atoms with Gasteiger partial charge >= 0.3 is 0 Å². The van der Waals surface area contributed by atoms with Gasteiger partial charge in [-0.25, -0.2) is 4.98 Å². The fraction of sp³-hybridized carbons (Fsp3) is 0.643. The third-order valence-corrected chi connectivity index (χ3v) is 4.42. The monoisotopic (exact) mass is 295 g/mol. The minimum atomic E-state index is 0.0898. The van der Waals surface area contributed by atoms with E-state index in [4.69, 9.17) is 0 Å². The molecule has 1 saturated heterocycles. The summed E-state index contributed by atoms with van der Waals surface area (Å²) in [7, 11) is 0. The molecule has 110 valence electrons. The van der Waals surface area contributed by atoms with Crippen LogP contribution in [0.15, 0.2) is 10.9 Å². The van der Waals surface area contributed by atoms with Gasteiger partial charge < -0.3 is 10.2 Å². The maximum atomic E-state index is 11.8. The maximum Gasteiger partial charge on any atom is 0.220 e. The predicted octanol–water partition coefficient (Wildman–Crippen LogP) is 1.80. The number of piperidine rings is 1. The molecular weight excluding hydrogens is 274 g/mol. The van der Waals surface area contributed by atoms with Crippen LogP contribution < -0.4 is 5.32 Å². The molecule has 1 aromatic rings. The van der Waals surface area contributed by atoms with Gasteiger partial charge in [0.2, 0.25) is 11.8 Å². The Bertz CT molecular complexity index is 439. The van der Waals surface area contributed by atoms with Crippen molar-refractivity contribution in [3.63, 3.8) is 0 Å². The largest absolute Gasteiger partial charge is 0.350 e. The number of rotatable bonds is 5. The second-order valence-electron chi connectivity index (χ2n) is 5.24. The first-order valence-corrected chi connectivity index (χ1v) is 7.98. The molecule has 5 nitrogen and oxygen atoms in total. The zero-order valence-electron chi connectivity index (χ0n) is 11.8. The summed E-state index contributed by atoms with van der Waals surface area (Å²) in [4.78, 5) is 29.0. The van der Waals surface area contributed by atoms with Crippen LogP contribution in [-0.2, 0) is 16.1 Å². The Morgan fingerprint density at radius 1 is 1.45 bits per heavy atom. The number of likely N-dealkylation sites (tertiary alicyclic amines) is 1. The van der Waals surface area contributed by atoms with E-state index in [1.165, 1.54) is 11.3 Å². The normalized spacial score (nSPS) is 16.1. The smallest absolute Gasteiger partial charge is 0.220 e. The van der Waals surface area contributed by atoms with Crippen LogP contribution in [0.3, 0.4) is 0 Å². The molecule has 0 aliphatic carbocycles. The molecule has 20 heavy (non-hydrogen) atoms. The number of hydrogen-bond acceptors (Lipinski definition) is 4. The summed E-state index contributed by atoms with van der Waals surface area (Å²) in [6, 6.07) is 0. The molecule has 0 atom stereocenters. The summed E-state index contributed by atoms with van der Waals surface area (Å²) in [6.45, 7) is 3.80. The van der Waals surface area contributed by atoms with Crippen molar-refractivity contribution in [2.75, 3.05) is 13.1 Å². The third-order valence-electron chi connectivity index (χ3n) is 3.79. The standard InChI is InChI=1S/C14H21N3O2S/c1-11(18)17-6-4-12(5-7-17)2-3-14(19)15-8-13-9-20-10-16-13/h9-10,12H,2-8H2,1H3,(H,15,19). The highest BCUT2D eigenvalue weighted by Gasteiger charge is 2.21. The fourth-order valence-electron chi connectivity index (χ4n) is 2.47. The van der Waals surface area contributed by atoms with E-state index in [0.717, 1.165) is 38.0 Å². The Morgan fingerprint density at radius 3 is 2.80 bits per heavy atom. The van der Waals surface area contributed by atoms with E-state index >= 15 is 0 Å². The molecule has 1 aliphatic heterocycles. The molecule has 2 rings (SSSR count). The van der Waals surface area contributed by atoms with Crippen molar-refractivity contribution < 1.29 is 9.59 Å². The van der Waals surface area contributed by atoms with Crippen molar-refractivity contribution in [1.29, 1.82) is 0 Å². The van der Waals surface area contributed by atoms with Crippen molar-refractivity contribution >= 4 is 23.2 Å². The highest BCUT2D eigenvalue weighted by molar-refractivity contribution is 7.07. The Labute approximate surface area is 123 Å². The molecule has 1 N–H and O–H groups in total. The zero-order chi connectivity index (χ0) is 14.4. The van der Waals surface area contributed by atoms with Gasteiger partial charge in [-0.1, -0.05) is 0 Å². The van der Waals surface area contributed by atoms with Gasteiger partial charge in [0, 0.05) is 31.8 Å². The molecule has 6 heteroatoms. The van der Waals surface area contributed by atoms with Gasteiger partial charge in [0.15, 0.2) is 0 Å². The van der Waals surface area contributed by atoms with Crippen LogP contribution in [0, 0.1) is 5.92 Å². The summed E-state index contributed by atoms with van der Waals surface area (Å²) in [6.07, 6.45) is 3.50. The molecule has 2 heterocycles. The second-order valence-corrected chi connectivity index (χ2v) is 5.96. The highest BCUT2D eigenvalue weighted by atomic mass is 32.1. The first-order chi connectivity index (χ1) is 9.65. The molecule has 0 unspecified atom stereocenters. The van der Waals surface area contributed by atoms with E-state index in [1.807, 2.05) is 10.3 Å². The van der Waals surface area contributed by atoms with Gasteiger partial charge in [-0.2, -0.15) is 0 Å². The summed E-state index contributed by atoms with van der Waals surface area (Å²) in [5.41, 5.74) is 2.68. The van der Waals surface area contributed by atoms with E-state index in [-0.39, 0.29) is 11.8 Å². The number of aromatic nitrogens is 1. The van der Waals surface area contributed by atoms with Crippen molar-refractivity contribution in [3.8, 4) is 0 Å². The summed E-state index contributed by atoms with van der Waals surface area (Å²) in [5.74, 6) is 0.812. The summed E-state index contributed by atoms with van der Waals surface area (Å²) < 4.78 is 0. The van der Waals surface area contributed by atoms with Crippen molar-refractivity contribution in [1.82, 2.24) is 15.2 Å². The molecule has 0 bridgehead atoms. The average molecular weight is 295 g/mol. The number of amides is 2. The molecular formula is C14H21N3O2S. The van der Waals surface area contributed by atoms with Crippen LogP contribution >= 0.6 is 11.3 Å². The lowest BCUT2D eigenvalue weighted by Gasteiger charge is -2.31. The number of hydrogen-bond donors (Lipinski definition) is 1. The Balaban J connectivity index is 1.61. The van der Waals surface area contributed by atoms with Crippen LogP contribution in [0.2, 0.25) is 0 Å². The quantitative estimate of drug-likeness (QED) is 0.901. The van der Waals surface area contributed by atoms with Crippen molar-refractivity contribution in [2.24, 2.45) is 5.92 Å². The van der Waals surface area contributed by atoms with E-state index in [1.54, 1.807) is 12.4 Å².